The first kappa shape index (κ1) is 12.7. The molecule has 0 amide bonds. The van der Waals surface area contributed by atoms with Gasteiger partial charge in [0.1, 0.15) is 11.6 Å². The summed E-state index contributed by atoms with van der Waals surface area (Å²) in [5, 5.41) is 0.813. The first-order chi connectivity index (χ1) is 9.74. The van der Waals surface area contributed by atoms with Crippen LogP contribution in [0.5, 0.6) is 5.75 Å². The van der Waals surface area contributed by atoms with E-state index in [0.717, 1.165) is 33.5 Å². The van der Waals surface area contributed by atoms with Crippen LogP contribution in [-0.4, -0.2) is 12.1 Å². The third kappa shape index (κ3) is 1.94. The molecule has 4 heteroatoms. The molecule has 0 aliphatic rings. The Morgan fingerprint density at radius 1 is 1.20 bits per heavy atom. The quantitative estimate of drug-likeness (QED) is 0.766. The lowest BCUT2D eigenvalue weighted by Gasteiger charge is -2.08. The van der Waals surface area contributed by atoms with Gasteiger partial charge in [-0.3, -0.25) is 0 Å². The summed E-state index contributed by atoms with van der Waals surface area (Å²) in [4.78, 5) is 3.31. The summed E-state index contributed by atoms with van der Waals surface area (Å²) in [5.41, 5.74) is 9.42. The number of ether oxygens (including phenoxy) is 1. The van der Waals surface area contributed by atoms with Gasteiger partial charge in [0.05, 0.1) is 12.8 Å². The van der Waals surface area contributed by atoms with Crippen LogP contribution < -0.4 is 10.5 Å². The van der Waals surface area contributed by atoms with E-state index in [1.807, 2.05) is 24.3 Å². The summed E-state index contributed by atoms with van der Waals surface area (Å²) in [7, 11) is 1.63. The minimum absolute atomic E-state index is 0.266. The molecular formula is C16H15FN2O. The Kier molecular flexibility index (Phi) is 3.16. The first-order valence-electron chi connectivity index (χ1n) is 6.38. The number of halogens is 1. The number of H-pyrrole nitrogens is 1. The van der Waals surface area contributed by atoms with Gasteiger partial charge in [-0.1, -0.05) is 12.1 Å². The van der Waals surface area contributed by atoms with Crippen LogP contribution in [0.4, 0.5) is 4.39 Å². The molecule has 1 aromatic heterocycles. The third-order valence-corrected chi connectivity index (χ3v) is 3.45. The first-order valence-corrected chi connectivity index (χ1v) is 6.38. The van der Waals surface area contributed by atoms with E-state index in [9.17, 15) is 4.39 Å². The van der Waals surface area contributed by atoms with Crippen molar-refractivity contribution in [1.82, 2.24) is 4.98 Å². The van der Waals surface area contributed by atoms with Crippen molar-refractivity contribution in [2.75, 3.05) is 7.11 Å². The molecule has 102 valence electrons. The maximum absolute atomic E-state index is 13.4. The molecule has 3 rings (SSSR count). The van der Waals surface area contributed by atoms with Crippen LogP contribution in [-0.2, 0) is 6.54 Å². The van der Waals surface area contributed by atoms with Gasteiger partial charge in [-0.2, -0.15) is 0 Å². The predicted molar refractivity (Wildman–Crippen MR) is 78.1 cm³/mol. The Labute approximate surface area is 116 Å². The predicted octanol–water partition coefficient (Wildman–Crippen LogP) is 3.44. The molecule has 0 atom stereocenters. The van der Waals surface area contributed by atoms with Crippen LogP contribution in [0.2, 0.25) is 0 Å². The highest BCUT2D eigenvalue weighted by Crippen LogP contribution is 2.35. The van der Waals surface area contributed by atoms with Crippen LogP contribution in [0.25, 0.3) is 22.2 Å². The Hall–Kier alpha value is -2.33. The van der Waals surface area contributed by atoms with Gasteiger partial charge in [0.15, 0.2) is 0 Å². The standard InChI is InChI=1S/C16H15FN2O/c1-20-15-5-3-2-4-11(15)16-13(9-18)12-8-10(17)6-7-14(12)19-16/h2-8,19H,9,18H2,1H3. The monoisotopic (exact) mass is 270 g/mol. The normalized spacial score (nSPS) is 10.9. The summed E-state index contributed by atoms with van der Waals surface area (Å²) < 4.78 is 18.8. The molecular weight excluding hydrogens is 255 g/mol. The van der Waals surface area contributed by atoms with Crippen molar-refractivity contribution in [3.05, 3.63) is 53.8 Å². The summed E-state index contributed by atoms with van der Waals surface area (Å²) >= 11 is 0. The summed E-state index contributed by atoms with van der Waals surface area (Å²) in [5.74, 6) is 0.493. The number of hydrogen-bond acceptors (Lipinski definition) is 2. The minimum Gasteiger partial charge on any atom is -0.496 e. The smallest absolute Gasteiger partial charge is 0.128 e. The summed E-state index contributed by atoms with van der Waals surface area (Å²) in [6, 6.07) is 12.4. The van der Waals surface area contributed by atoms with Crippen LogP contribution in [0.1, 0.15) is 5.56 Å². The van der Waals surface area contributed by atoms with Crippen LogP contribution in [0.3, 0.4) is 0 Å². The third-order valence-electron chi connectivity index (χ3n) is 3.45. The largest absolute Gasteiger partial charge is 0.496 e. The molecule has 20 heavy (non-hydrogen) atoms. The van der Waals surface area contributed by atoms with Gasteiger partial charge in [-0.05, 0) is 35.9 Å². The lowest BCUT2D eigenvalue weighted by atomic mass is 10.0. The van der Waals surface area contributed by atoms with Gasteiger partial charge < -0.3 is 15.5 Å². The molecule has 0 fully saturated rings. The molecule has 0 spiro atoms. The van der Waals surface area contributed by atoms with E-state index in [4.69, 9.17) is 10.5 Å². The average Bonchev–Trinajstić information content (AvgIpc) is 2.84. The van der Waals surface area contributed by atoms with Gasteiger partial charge in [-0.25, -0.2) is 4.39 Å². The molecule has 3 nitrogen and oxygen atoms in total. The zero-order valence-electron chi connectivity index (χ0n) is 11.1. The summed E-state index contributed by atoms with van der Waals surface area (Å²) in [6.07, 6.45) is 0. The lowest BCUT2D eigenvalue weighted by Crippen LogP contribution is -1.98. The fourth-order valence-electron chi connectivity index (χ4n) is 2.51. The van der Waals surface area contributed by atoms with E-state index >= 15 is 0 Å². The Bertz CT molecular complexity index is 764. The van der Waals surface area contributed by atoms with E-state index in [-0.39, 0.29) is 5.82 Å². The Morgan fingerprint density at radius 2 is 2.00 bits per heavy atom. The number of nitrogens with two attached hydrogens (primary N) is 1. The molecule has 0 unspecified atom stereocenters. The Balaban J connectivity index is 2.30. The van der Waals surface area contributed by atoms with E-state index in [2.05, 4.69) is 4.98 Å². The number of para-hydroxylation sites is 1. The van der Waals surface area contributed by atoms with Crippen molar-refractivity contribution in [3.63, 3.8) is 0 Å². The molecule has 0 aliphatic carbocycles. The number of aromatic amines is 1. The lowest BCUT2D eigenvalue weighted by molar-refractivity contribution is 0.416. The van der Waals surface area contributed by atoms with Gasteiger partial charge in [-0.15, -0.1) is 0 Å². The minimum atomic E-state index is -0.266. The molecule has 0 saturated carbocycles. The second-order valence-corrected chi connectivity index (χ2v) is 4.57. The fourth-order valence-corrected chi connectivity index (χ4v) is 2.51. The molecule has 1 heterocycles. The van der Waals surface area contributed by atoms with Crippen molar-refractivity contribution in [1.29, 1.82) is 0 Å². The second-order valence-electron chi connectivity index (χ2n) is 4.57. The van der Waals surface area contributed by atoms with Gasteiger partial charge >= 0.3 is 0 Å². The SMILES string of the molecule is COc1ccccc1-c1[nH]c2ccc(F)cc2c1CN. The highest BCUT2D eigenvalue weighted by atomic mass is 19.1. The molecule has 3 aromatic rings. The van der Waals surface area contributed by atoms with E-state index in [1.165, 1.54) is 12.1 Å². The van der Waals surface area contributed by atoms with E-state index in [1.54, 1.807) is 13.2 Å². The number of aromatic nitrogens is 1. The maximum Gasteiger partial charge on any atom is 0.128 e. The molecule has 3 N–H and O–H groups in total. The molecule has 2 aromatic carbocycles. The number of nitrogens with one attached hydrogen (secondary N) is 1. The van der Waals surface area contributed by atoms with Crippen molar-refractivity contribution in [2.45, 2.75) is 6.54 Å². The van der Waals surface area contributed by atoms with Crippen LogP contribution in [0.15, 0.2) is 42.5 Å². The van der Waals surface area contributed by atoms with Gasteiger partial charge in [0, 0.05) is 23.0 Å². The Morgan fingerprint density at radius 3 is 2.75 bits per heavy atom. The van der Waals surface area contributed by atoms with E-state index < -0.39 is 0 Å². The highest BCUT2D eigenvalue weighted by molar-refractivity contribution is 5.91. The second kappa shape index (κ2) is 4.98. The van der Waals surface area contributed by atoms with Crippen LogP contribution >= 0.6 is 0 Å². The van der Waals surface area contributed by atoms with Crippen molar-refractivity contribution in [3.8, 4) is 17.0 Å². The summed E-state index contributed by atoms with van der Waals surface area (Å²) in [6.45, 7) is 0.330. The number of hydrogen-bond donors (Lipinski definition) is 2. The topological polar surface area (TPSA) is 51.0 Å². The molecule has 0 radical (unpaired) electrons. The molecule has 0 bridgehead atoms. The van der Waals surface area contributed by atoms with E-state index in [0.29, 0.717) is 6.54 Å². The highest BCUT2D eigenvalue weighted by Gasteiger charge is 2.15. The van der Waals surface area contributed by atoms with Crippen LogP contribution in [0, 0.1) is 5.82 Å². The fraction of sp³-hybridized carbons (Fsp3) is 0.125. The molecule has 0 saturated heterocycles. The average molecular weight is 270 g/mol. The maximum atomic E-state index is 13.4. The van der Waals surface area contributed by atoms with Gasteiger partial charge in [0.25, 0.3) is 0 Å². The van der Waals surface area contributed by atoms with Gasteiger partial charge in [0.2, 0.25) is 0 Å². The van der Waals surface area contributed by atoms with Crippen molar-refractivity contribution in [2.24, 2.45) is 5.73 Å². The number of rotatable bonds is 3. The van der Waals surface area contributed by atoms with Crippen molar-refractivity contribution >= 4 is 10.9 Å². The van der Waals surface area contributed by atoms with Crippen molar-refractivity contribution < 1.29 is 9.13 Å². The number of methoxy groups -OCH3 is 1. The zero-order valence-corrected chi connectivity index (χ0v) is 11.1. The molecule has 0 aliphatic heterocycles. The zero-order chi connectivity index (χ0) is 14.1. The number of fused-ring (bicyclic) bond motifs is 1. The number of benzene rings is 2.